The minimum atomic E-state index is -0.0753. The van der Waals surface area contributed by atoms with E-state index < -0.39 is 0 Å². The molecule has 1 saturated heterocycles. The Morgan fingerprint density at radius 2 is 2.21 bits per heavy atom. The molecule has 0 aliphatic carbocycles. The van der Waals surface area contributed by atoms with Crippen LogP contribution in [0.5, 0.6) is 5.75 Å². The zero-order chi connectivity index (χ0) is 19.7. The van der Waals surface area contributed by atoms with Crippen molar-refractivity contribution in [3.8, 4) is 5.75 Å². The average molecular weight is 416 g/mol. The highest BCUT2D eigenvalue weighted by Gasteiger charge is 2.28. The van der Waals surface area contributed by atoms with Crippen LogP contribution < -0.4 is 15.0 Å². The Morgan fingerprint density at radius 3 is 3.04 bits per heavy atom. The molecule has 1 atom stereocenters. The third kappa shape index (κ3) is 3.80. The highest BCUT2D eigenvalue weighted by molar-refractivity contribution is 7.22. The smallest absolute Gasteiger partial charge is 0.229 e. The minimum Gasteiger partial charge on any atom is -0.497 e. The number of piperidine rings is 1. The predicted octanol–water partition coefficient (Wildman–Crippen LogP) is 5.12. The van der Waals surface area contributed by atoms with E-state index in [9.17, 15) is 4.79 Å². The monoisotopic (exact) mass is 415 g/mol. The van der Waals surface area contributed by atoms with E-state index in [-0.39, 0.29) is 11.8 Å². The van der Waals surface area contributed by atoms with Crippen molar-refractivity contribution in [2.75, 3.05) is 30.4 Å². The van der Waals surface area contributed by atoms with Crippen LogP contribution in [-0.2, 0) is 4.79 Å². The standard InChI is InChI=1S/C21H22ClN3O2S/c1-13-16(22)6-3-7-17(13)23-20(26)14-5-4-10-25(12-14)21-24-18-9-8-15(27-2)11-19(18)28-21/h3,6-9,11,14H,4-5,10,12H2,1-2H3,(H,23,26). The van der Waals surface area contributed by atoms with Crippen LogP contribution in [0.1, 0.15) is 18.4 Å². The maximum Gasteiger partial charge on any atom is 0.229 e. The van der Waals surface area contributed by atoms with Gasteiger partial charge in [0.15, 0.2) is 5.13 Å². The van der Waals surface area contributed by atoms with Crippen molar-refractivity contribution in [1.82, 2.24) is 4.98 Å². The van der Waals surface area contributed by atoms with Crippen molar-refractivity contribution >= 4 is 49.9 Å². The van der Waals surface area contributed by atoms with E-state index in [0.29, 0.717) is 11.6 Å². The van der Waals surface area contributed by atoms with Crippen molar-refractivity contribution in [3.05, 3.63) is 47.0 Å². The first-order valence-electron chi connectivity index (χ1n) is 9.30. The molecule has 1 amide bonds. The predicted molar refractivity (Wildman–Crippen MR) is 116 cm³/mol. The molecule has 28 heavy (non-hydrogen) atoms. The molecule has 1 fully saturated rings. The van der Waals surface area contributed by atoms with Crippen molar-refractivity contribution in [3.63, 3.8) is 0 Å². The Morgan fingerprint density at radius 1 is 1.36 bits per heavy atom. The largest absolute Gasteiger partial charge is 0.497 e. The van der Waals surface area contributed by atoms with Crippen molar-refractivity contribution in [2.45, 2.75) is 19.8 Å². The van der Waals surface area contributed by atoms with Crippen LogP contribution in [0.2, 0.25) is 5.02 Å². The lowest BCUT2D eigenvalue weighted by Crippen LogP contribution is -2.40. The van der Waals surface area contributed by atoms with Gasteiger partial charge in [0.25, 0.3) is 0 Å². The van der Waals surface area contributed by atoms with Gasteiger partial charge in [-0.25, -0.2) is 4.98 Å². The fourth-order valence-corrected chi connectivity index (χ4v) is 4.70. The molecule has 1 aliphatic heterocycles. The van der Waals surface area contributed by atoms with Gasteiger partial charge in [0, 0.05) is 23.8 Å². The highest BCUT2D eigenvalue weighted by atomic mass is 35.5. The van der Waals surface area contributed by atoms with E-state index in [0.717, 1.165) is 51.7 Å². The molecule has 0 bridgehead atoms. The van der Waals surface area contributed by atoms with E-state index in [1.807, 2.05) is 43.3 Å². The van der Waals surface area contributed by atoms with E-state index >= 15 is 0 Å². The normalized spacial score (nSPS) is 17.0. The SMILES string of the molecule is COc1ccc2nc(N3CCCC(C(=O)Nc4cccc(Cl)c4C)C3)sc2c1. The number of rotatable bonds is 4. The maximum absolute atomic E-state index is 12.8. The summed E-state index contributed by atoms with van der Waals surface area (Å²) in [7, 11) is 1.67. The second-order valence-corrected chi connectivity index (χ2v) is 8.43. The summed E-state index contributed by atoms with van der Waals surface area (Å²) in [6, 6.07) is 11.5. The van der Waals surface area contributed by atoms with Gasteiger partial charge >= 0.3 is 0 Å². The first kappa shape index (κ1) is 19.0. The topological polar surface area (TPSA) is 54.5 Å². The number of carbonyl (C=O) groups excluding carboxylic acids is 1. The van der Waals surface area contributed by atoms with Crippen LogP contribution in [0.15, 0.2) is 36.4 Å². The number of amides is 1. The molecule has 1 N–H and O–H groups in total. The van der Waals surface area contributed by atoms with Crippen LogP contribution >= 0.6 is 22.9 Å². The van der Waals surface area contributed by atoms with Gasteiger partial charge in [-0.3, -0.25) is 4.79 Å². The number of anilines is 2. The summed E-state index contributed by atoms with van der Waals surface area (Å²) in [6.07, 6.45) is 1.84. The molecule has 2 aromatic carbocycles. The summed E-state index contributed by atoms with van der Waals surface area (Å²) in [4.78, 5) is 19.8. The van der Waals surface area contributed by atoms with Crippen LogP contribution in [0, 0.1) is 12.8 Å². The summed E-state index contributed by atoms with van der Waals surface area (Å²) in [5, 5.41) is 4.67. The van der Waals surface area contributed by atoms with E-state index in [1.54, 1.807) is 18.4 Å². The molecule has 7 heteroatoms. The number of carbonyl (C=O) groups is 1. The first-order valence-corrected chi connectivity index (χ1v) is 10.5. The van der Waals surface area contributed by atoms with Gasteiger partial charge in [-0.15, -0.1) is 0 Å². The summed E-state index contributed by atoms with van der Waals surface area (Å²) in [5.74, 6) is 0.794. The molecule has 0 saturated carbocycles. The summed E-state index contributed by atoms with van der Waals surface area (Å²) in [5.41, 5.74) is 2.63. The van der Waals surface area contributed by atoms with E-state index in [1.165, 1.54) is 0 Å². The Balaban J connectivity index is 1.49. The summed E-state index contributed by atoms with van der Waals surface area (Å²) in [6.45, 7) is 3.50. The van der Waals surface area contributed by atoms with Crippen LogP contribution in [-0.4, -0.2) is 31.1 Å². The number of hydrogen-bond donors (Lipinski definition) is 1. The van der Waals surface area contributed by atoms with Crippen molar-refractivity contribution in [2.24, 2.45) is 5.92 Å². The third-order valence-electron chi connectivity index (χ3n) is 5.17. The molecule has 1 aromatic heterocycles. The maximum atomic E-state index is 12.8. The minimum absolute atomic E-state index is 0.0397. The second kappa shape index (κ2) is 7.97. The molecular weight excluding hydrogens is 394 g/mol. The molecule has 0 radical (unpaired) electrons. The number of ether oxygens (including phenoxy) is 1. The lowest BCUT2D eigenvalue weighted by Gasteiger charge is -2.31. The number of thiazole rings is 1. The number of aromatic nitrogens is 1. The van der Waals surface area contributed by atoms with Crippen molar-refractivity contribution < 1.29 is 9.53 Å². The first-order chi connectivity index (χ1) is 13.5. The molecule has 3 aromatic rings. The molecule has 0 spiro atoms. The number of halogens is 1. The molecule has 4 rings (SSSR count). The molecule has 1 unspecified atom stereocenters. The Bertz CT molecular complexity index is 1020. The fraction of sp³-hybridized carbons (Fsp3) is 0.333. The number of nitrogens with zero attached hydrogens (tertiary/aromatic N) is 2. The van der Waals surface area contributed by atoms with E-state index in [2.05, 4.69) is 10.2 Å². The van der Waals surface area contributed by atoms with Crippen LogP contribution in [0.4, 0.5) is 10.8 Å². The molecule has 5 nitrogen and oxygen atoms in total. The fourth-order valence-electron chi connectivity index (χ4n) is 3.50. The third-order valence-corrected chi connectivity index (χ3v) is 6.66. The zero-order valence-corrected chi connectivity index (χ0v) is 17.4. The van der Waals surface area contributed by atoms with Gasteiger partial charge in [-0.05, 0) is 55.7 Å². The Hall–Kier alpha value is -2.31. The van der Waals surface area contributed by atoms with E-state index in [4.69, 9.17) is 21.3 Å². The van der Waals surface area contributed by atoms with Crippen molar-refractivity contribution in [1.29, 1.82) is 0 Å². The number of benzene rings is 2. The molecular formula is C21H22ClN3O2S. The second-order valence-electron chi connectivity index (χ2n) is 7.02. The molecule has 2 heterocycles. The van der Waals surface area contributed by atoms with Gasteiger partial charge in [0.2, 0.25) is 5.91 Å². The number of fused-ring (bicyclic) bond motifs is 1. The average Bonchev–Trinajstić information content (AvgIpc) is 3.14. The number of hydrogen-bond acceptors (Lipinski definition) is 5. The van der Waals surface area contributed by atoms with Gasteiger partial charge in [-0.1, -0.05) is 29.0 Å². The van der Waals surface area contributed by atoms with Gasteiger partial charge in [-0.2, -0.15) is 0 Å². The van der Waals surface area contributed by atoms with Gasteiger partial charge in [0.05, 0.1) is 23.2 Å². The van der Waals surface area contributed by atoms with Crippen LogP contribution in [0.25, 0.3) is 10.2 Å². The lowest BCUT2D eigenvalue weighted by molar-refractivity contribution is -0.120. The molecule has 146 valence electrons. The lowest BCUT2D eigenvalue weighted by atomic mass is 9.97. The Kier molecular flexibility index (Phi) is 5.42. The Labute approximate surface area is 173 Å². The van der Waals surface area contributed by atoms with Gasteiger partial charge in [0.1, 0.15) is 5.75 Å². The number of methoxy groups -OCH3 is 1. The highest BCUT2D eigenvalue weighted by Crippen LogP contribution is 2.34. The summed E-state index contributed by atoms with van der Waals surface area (Å²) >= 11 is 7.81. The summed E-state index contributed by atoms with van der Waals surface area (Å²) < 4.78 is 6.40. The van der Waals surface area contributed by atoms with Crippen LogP contribution in [0.3, 0.4) is 0 Å². The van der Waals surface area contributed by atoms with Gasteiger partial charge < -0.3 is 15.0 Å². The molecule has 1 aliphatic rings. The zero-order valence-electron chi connectivity index (χ0n) is 15.9. The number of nitrogens with one attached hydrogen (secondary N) is 1. The quantitative estimate of drug-likeness (QED) is 0.642.